The minimum atomic E-state index is -0.621. The molecule has 0 fully saturated rings. The van der Waals surface area contributed by atoms with Crippen LogP contribution in [0.4, 0.5) is 5.69 Å². The van der Waals surface area contributed by atoms with E-state index in [0.29, 0.717) is 28.0 Å². The number of furan rings is 1. The Bertz CT molecular complexity index is 1010. The Morgan fingerprint density at radius 2 is 1.92 bits per heavy atom. The number of amides is 1. The van der Waals surface area contributed by atoms with Gasteiger partial charge in [0.1, 0.15) is 18.0 Å². The molecule has 1 N–H and O–H groups in total. The van der Waals surface area contributed by atoms with Crippen molar-refractivity contribution in [1.82, 2.24) is 0 Å². The number of carbonyl (C=O) groups is 2. The van der Waals surface area contributed by atoms with Crippen LogP contribution in [-0.4, -0.2) is 11.9 Å². The van der Waals surface area contributed by atoms with Crippen molar-refractivity contribution < 1.29 is 23.2 Å². The van der Waals surface area contributed by atoms with Crippen LogP contribution in [0.1, 0.15) is 28.8 Å². The maximum Gasteiger partial charge on any atom is 0.374 e. The lowest BCUT2D eigenvalue weighted by Gasteiger charge is -2.08. The molecule has 0 aliphatic rings. The molecule has 7 nitrogen and oxygen atoms in total. The Kier molecular flexibility index (Phi) is 4.38. The van der Waals surface area contributed by atoms with Crippen LogP contribution in [0.5, 0.6) is 0 Å². The summed E-state index contributed by atoms with van der Waals surface area (Å²) in [5, 5.41) is 3.22. The molecule has 0 atom stereocenters. The maximum absolute atomic E-state index is 12.0. The van der Waals surface area contributed by atoms with E-state index in [-0.39, 0.29) is 18.3 Å². The predicted octanol–water partition coefficient (Wildman–Crippen LogP) is 3.01. The van der Waals surface area contributed by atoms with Crippen molar-refractivity contribution in [2.24, 2.45) is 0 Å². The van der Waals surface area contributed by atoms with Crippen molar-refractivity contribution in [3.8, 4) is 0 Å². The predicted molar refractivity (Wildman–Crippen MR) is 89.4 cm³/mol. The van der Waals surface area contributed by atoms with Gasteiger partial charge in [-0.1, -0.05) is 0 Å². The minimum Gasteiger partial charge on any atom is -0.455 e. The Morgan fingerprint density at radius 3 is 2.60 bits per heavy atom. The third kappa shape index (κ3) is 3.77. The normalized spacial score (nSPS) is 10.6. The highest BCUT2D eigenvalue weighted by molar-refractivity contribution is 5.92. The molecular formula is C18H15NO6. The van der Waals surface area contributed by atoms with Crippen LogP contribution in [0, 0.1) is 6.92 Å². The second-order valence-electron chi connectivity index (χ2n) is 5.47. The lowest BCUT2D eigenvalue weighted by atomic mass is 10.1. The molecule has 2 aromatic heterocycles. The zero-order valence-corrected chi connectivity index (χ0v) is 13.6. The van der Waals surface area contributed by atoms with Gasteiger partial charge in [0.15, 0.2) is 0 Å². The zero-order valence-electron chi connectivity index (χ0n) is 13.6. The van der Waals surface area contributed by atoms with E-state index < -0.39 is 11.6 Å². The van der Waals surface area contributed by atoms with E-state index in [1.165, 1.54) is 19.1 Å². The zero-order chi connectivity index (χ0) is 18.0. The van der Waals surface area contributed by atoms with E-state index in [1.54, 1.807) is 31.2 Å². The SMILES string of the molecule is CC(=O)Nc1ccc2c(COC(=O)c3ccc(C)o3)cc(=O)oc2c1. The number of aryl methyl sites for hydroxylation is 1. The number of nitrogens with one attached hydrogen (secondary N) is 1. The van der Waals surface area contributed by atoms with Crippen molar-refractivity contribution in [2.75, 3.05) is 5.32 Å². The van der Waals surface area contributed by atoms with Gasteiger partial charge in [0.25, 0.3) is 0 Å². The van der Waals surface area contributed by atoms with Crippen molar-refractivity contribution in [3.05, 3.63) is 63.9 Å². The number of anilines is 1. The molecule has 0 saturated carbocycles. The van der Waals surface area contributed by atoms with Gasteiger partial charge >= 0.3 is 11.6 Å². The number of benzene rings is 1. The minimum absolute atomic E-state index is 0.0951. The molecular weight excluding hydrogens is 326 g/mol. The highest BCUT2D eigenvalue weighted by Crippen LogP contribution is 2.22. The molecule has 2 heterocycles. The van der Waals surface area contributed by atoms with E-state index in [1.807, 2.05) is 0 Å². The number of hydrogen-bond acceptors (Lipinski definition) is 6. The molecule has 1 amide bonds. The molecule has 0 bridgehead atoms. The molecule has 3 aromatic rings. The first kappa shape index (κ1) is 16.5. The maximum atomic E-state index is 12.0. The van der Waals surface area contributed by atoms with Crippen molar-refractivity contribution in [1.29, 1.82) is 0 Å². The van der Waals surface area contributed by atoms with Gasteiger partial charge in [-0.3, -0.25) is 4.79 Å². The van der Waals surface area contributed by atoms with Gasteiger partial charge in [0.2, 0.25) is 11.7 Å². The van der Waals surface area contributed by atoms with Crippen molar-refractivity contribution in [3.63, 3.8) is 0 Å². The molecule has 7 heteroatoms. The molecule has 0 saturated heterocycles. The third-order valence-electron chi connectivity index (χ3n) is 3.45. The number of esters is 1. The van der Waals surface area contributed by atoms with Crippen molar-refractivity contribution >= 4 is 28.5 Å². The third-order valence-corrected chi connectivity index (χ3v) is 3.45. The van der Waals surface area contributed by atoms with Gasteiger partial charge < -0.3 is 18.9 Å². The molecule has 0 aliphatic carbocycles. The van der Waals surface area contributed by atoms with Gasteiger partial charge in [-0.05, 0) is 31.2 Å². The summed E-state index contributed by atoms with van der Waals surface area (Å²) in [6.45, 7) is 2.99. The summed E-state index contributed by atoms with van der Waals surface area (Å²) < 4.78 is 15.6. The molecule has 25 heavy (non-hydrogen) atoms. The van der Waals surface area contributed by atoms with Gasteiger partial charge in [0, 0.05) is 35.7 Å². The highest BCUT2D eigenvalue weighted by Gasteiger charge is 2.14. The van der Waals surface area contributed by atoms with E-state index >= 15 is 0 Å². The lowest BCUT2D eigenvalue weighted by Crippen LogP contribution is -2.08. The Balaban J connectivity index is 1.86. The van der Waals surface area contributed by atoms with Crippen LogP contribution < -0.4 is 10.9 Å². The highest BCUT2D eigenvalue weighted by atomic mass is 16.5. The first-order valence-corrected chi connectivity index (χ1v) is 7.50. The summed E-state index contributed by atoms with van der Waals surface area (Å²) in [5.74, 6) is -0.161. The number of carbonyl (C=O) groups excluding carboxylic acids is 2. The summed E-state index contributed by atoms with van der Waals surface area (Å²) in [6.07, 6.45) is 0. The Morgan fingerprint density at radius 1 is 1.12 bits per heavy atom. The number of ether oxygens (including phenoxy) is 1. The fourth-order valence-corrected chi connectivity index (χ4v) is 2.39. The quantitative estimate of drug-likeness (QED) is 0.578. The summed E-state index contributed by atoms with van der Waals surface area (Å²) in [4.78, 5) is 34.8. The molecule has 0 spiro atoms. The van der Waals surface area contributed by atoms with Crippen LogP contribution >= 0.6 is 0 Å². The average molecular weight is 341 g/mol. The summed E-state index contributed by atoms with van der Waals surface area (Å²) in [5.41, 5.74) is 0.714. The van der Waals surface area contributed by atoms with Gasteiger partial charge in [-0.2, -0.15) is 0 Å². The summed E-state index contributed by atoms with van der Waals surface area (Å²) >= 11 is 0. The van der Waals surface area contributed by atoms with Gasteiger partial charge in [-0.25, -0.2) is 9.59 Å². The van der Waals surface area contributed by atoms with Crippen LogP contribution in [0.2, 0.25) is 0 Å². The number of rotatable bonds is 4. The monoisotopic (exact) mass is 341 g/mol. The molecule has 0 radical (unpaired) electrons. The second-order valence-corrected chi connectivity index (χ2v) is 5.47. The lowest BCUT2D eigenvalue weighted by molar-refractivity contribution is -0.114. The van der Waals surface area contributed by atoms with E-state index in [0.717, 1.165) is 0 Å². The number of fused-ring (bicyclic) bond motifs is 1. The van der Waals surface area contributed by atoms with Gasteiger partial charge in [-0.15, -0.1) is 0 Å². The Hall–Kier alpha value is -3.35. The molecule has 0 aliphatic heterocycles. The topological polar surface area (TPSA) is 98.7 Å². The Labute approximate surface area is 142 Å². The standard InChI is InChI=1S/C18H15NO6/c1-10-3-6-15(24-10)18(22)23-9-12-7-17(21)25-16-8-13(19-11(2)20)4-5-14(12)16/h3-8H,9H2,1-2H3,(H,19,20). The van der Waals surface area contributed by atoms with E-state index in [4.69, 9.17) is 13.6 Å². The first-order chi connectivity index (χ1) is 11.9. The fraction of sp³-hybridized carbons (Fsp3) is 0.167. The number of hydrogen-bond donors (Lipinski definition) is 1. The van der Waals surface area contributed by atoms with Gasteiger partial charge in [0.05, 0.1) is 0 Å². The fourth-order valence-electron chi connectivity index (χ4n) is 2.39. The first-order valence-electron chi connectivity index (χ1n) is 7.50. The summed E-state index contributed by atoms with van der Waals surface area (Å²) in [6, 6.07) is 9.34. The van der Waals surface area contributed by atoms with Crippen LogP contribution in [0.25, 0.3) is 11.0 Å². The largest absolute Gasteiger partial charge is 0.455 e. The smallest absolute Gasteiger partial charge is 0.374 e. The molecule has 0 unspecified atom stereocenters. The average Bonchev–Trinajstić information content (AvgIpc) is 2.97. The summed E-state index contributed by atoms with van der Waals surface area (Å²) in [7, 11) is 0. The van der Waals surface area contributed by atoms with Crippen LogP contribution in [0.15, 0.2) is 50.0 Å². The van der Waals surface area contributed by atoms with Crippen LogP contribution in [0.3, 0.4) is 0 Å². The van der Waals surface area contributed by atoms with E-state index in [2.05, 4.69) is 5.32 Å². The molecule has 3 rings (SSSR count). The molecule has 1 aromatic carbocycles. The van der Waals surface area contributed by atoms with Crippen LogP contribution in [-0.2, 0) is 16.1 Å². The van der Waals surface area contributed by atoms with Crippen molar-refractivity contribution in [2.45, 2.75) is 20.5 Å². The molecule has 128 valence electrons. The second kappa shape index (κ2) is 6.64. The van der Waals surface area contributed by atoms with E-state index in [9.17, 15) is 14.4 Å².